The van der Waals surface area contributed by atoms with Crippen molar-refractivity contribution in [2.75, 3.05) is 33.9 Å². The van der Waals surface area contributed by atoms with Gasteiger partial charge in [-0.2, -0.15) is 0 Å². The van der Waals surface area contributed by atoms with Crippen molar-refractivity contribution in [3.63, 3.8) is 0 Å². The lowest BCUT2D eigenvalue weighted by Crippen LogP contribution is -2.44. The zero-order valence-corrected chi connectivity index (χ0v) is 16.6. The highest BCUT2D eigenvalue weighted by Gasteiger charge is 2.40. The number of hydrogen-bond donors (Lipinski definition) is 0. The van der Waals surface area contributed by atoms with Crippen LogP contribution in [0, 0.1) is 5.92 Å². The number of nitrogens with zero attached hydrogens (tertiary/aromatic N) is 2. The maximum Gasteiger partial charge on any atom is 0.253 e. The summed E-state index contributed by atoms with van der Waals surface area (Å²) in [6, 6.07) is 16.1. The van der Waals surface area contributed by atoms with Gasteiger partial charge in [0.05, 0.1) is 14.2 Å². The first-order valence-electron chi connectivity index (χ1n) is 9.99. The van der Waals surface area contributed by atoms with Crippen LogP contribution >= 0.6 is 0 Å². The van der Waals surface area contributed by atoms with Crippen LogP contribution in [-0.4, -0.2) is 55.6 Å². The fourth-order valence-electron chi connectivity index (χ4n) is 4.60. The number of likely N-dealkylation sites (tertiary alicyclic amines) is 2. The molecule has 2 aromatic carbocycles. The van der Waals surface area contributed by atoms with Gasteiger partial charge in [-0.3, -0.25) is 9.69 Å². The molecule has 0 aliphatic carbocycles. The Bertz CT molecular complexity index is 821. The van der Waals surface area contributed by atoms with Gasteiger partial charge >= 0.3 is 0 Å². The number of rotatable bonds is 5. The number of carbonyl (C=O) groups excluding carboxylic acids is 1. The number of carbonyl (C=O) groups is 1. The number of fused-ring (bicyclic) bond motifs is 1. The monoisotopic (exact) mass is 380 g/mol. The molecule has 4 rings (SSSR count). The lowest BCUT2D eigenvalue weighted by atomic mass is 9.91. The fourth-order valence-corrected chi connectivity index (χ4v) is 4.60. The minimum atomic E-state index is 0.120. The molecule has 2 heterocycles. The van der Waals surface area contributed by atoms with Crippen molar-refractivity contribution in [1.82, 2.24) is 9.80 Å². The number of methoxy groups -OCH3 is 2. The molecule has 0 bridgehead atoms. The molecule has 2 aliphatic heterocycles. The maximum atomic E-state index is 13.0. The molecular weight excluding hydrogens is 352 g/mol. The van der Waals surface area contributed by atoms with Crippen LogP contribution in [0.4, 0.5) is 0 Å². The highest BCUT2D eigenvalue weighted by Crippen LogP contribution is 2.33. The summed E-state index contributed by atoms with van der Waals surface area (Å²) < 4.78 is 10.7. The van der Waals surface area contributed by atoms with Crippen molar-refractivity contribution in [2.24, 2.45) is 5.92 Å². The quantitative estimate of drug-likeness (QED) is 0.797. The molecule has 0 spiro atoms. The van der Waals surface area contributed by atoms with Crippen LogP contribution in [0.2, 0.25) is 0 Å². The Morgan fingerprint density at radius 2 is 1.82 bits per heavy atom. The second kappa shape index (κ2) is 8.23. The van der Waals surface area contributed by atoms with Gasteiger partial charge in [0.2, 0.25) is 0 Å². The van der Waals surface area contributed by atoms with Gasteiger partial charge in [0.1, 0.15) is 11.5 Å². The van der Waals surface area contributed by atoms with Crippen LogP contribution in [-0.2, 0) is 6.54 Å². The first kappa shape index (κ1) is 18.8. The maximum absolute atomic E-state index is 13.0. The molecule has 0 radical (unpaired) electrons. The molecular formula is C23H28N2O3. The molecule has 2 aromatic rings. The molecule has 1 amide bonds. The highest BCUT2D eigenvalue weighted by atomic mass is 16.5. The van der Waals surface area contributed by atoms with E-state index in [4.69, 9.17) is 9.47 Å². The van der Waals surface area contributed by atoms with Gasteiger partial charge in [-0.15, -0.1) is 0 Å². The van der Waals surface area contributed by atoms with E-state index in [1.165, 1.54) is 18.4 Å². The Balaban J connectivity index is 1.47. The summed E-state index contributed by atoms with van der Waals surface area (Å²) in [6.45, 7) is 3.59. The van der Waals surface area contributed by atoms with E-state index in [9.17, 15) is 4.79 Å². The van der Waals surface area contributed by atoms with Gasteiger partial charge in [-0.25, -0.2) is 0 Å². The third-order valence-electron chi connectivity index (χ3n) is 6.09. The van der Waals surface area contributed by atoms with Gasteiger partial charge in [0.15, 0.2) is 0 Å². The average Bonchev–Trinajstić information content (AvgIpc) is 3.19. The van der Waals surface area contributed by atoms with Crippen molar-refractivity contribution in [2.45, 2.75) is 25.4 Å². The van der Waals surface area contributed by atoms with E-state index < -0.39 is 0 Å². The Kier molecular flexibility index (Phi) is 5.53. The van der Waals surface area contributed by atoms with E-state index in [0.717, 1.165) is 43.2 Å². The van der Waals surface area contributed by atoms with Crippen LogP contribution < -0.4 is 9.47 Å². The Morgan fingerprint density at radius 1 is 1.04 bits per heavy atom. The molecule has 0 aromatic heterocycles. The molecule has 0 N–H and O–H groups in total. The SMILES string of the molecule is COc1ccc(C(=O)N2C[C@H]3CCCN(Cc4ccccc4OC)[C@H]3C2)cc1. The van der Waals surface area contributed by atoms with Gasteiger partial charge in [0, 0.05) is 36.8 Å². The number of amides is 1. The van der Waals surface area contributed by atoms with E-state index in [2.05, 4.69) is 17.0 Å². The van der Waals surface area contributed by atoms with Crippen molar-refractivity contribution < 1.29 is 14.3 Å². The third-order valence-corrected chi connectivity index (χ3v) is 6.09. The minimum Gasteiger partial charge on any atom is -0.497 e. The van der Waals surface area contributed by atoms with E-state index in [1.54, 1.807) is 14.2 Å². The molecule has 2 fully saturated rings. The average molecular weight is 380 g/mol. The predicted octanol–water partition coefficient (Wildman–Crippen LogP) is 3.44. The molecule has 5 nitrogen and oxygen atoms in total. The highest BCUT2D eigenvalue weighted by molar-refractivity contribution is 5.94. The first-order valence-corrected chi connectivity index (χ1v) is 9.99. The van der Waals surface area contributed by atoms with E-state index in [0.29, 0.717) is 12.0 Å². The van der Waals surface area contributed by atoms with Crippen molar-refractivity contribution in [1.29, 1.82) is 0 Å². The summed E-state index contributed by atoms with van der Waals surface area (Å²) >= 11 is 0. The Hall–Kier alpha value is -2.53. The second-order valence-electron chi connectivity index (χ2n) is 7.69. The zero-order chi connectivity index (χ0) is 19.5. The number of hydrogen-bond acceptors (Lipinski definition) is 4. The minimum absolute atomic E-state index is 0.120. The van der Waals surface area contributed by atoms with Gasteiger partial charge in [0.25, 0.3) is 5.91 Å². The number of piperidine rings is 1. The second-order valence-corrected chi connectivity index (χ2v) is 7.69. The Labute approximate surface area is 166 Å². The third kappa shape index (κ3) is 3.72. The standard InChI is InChI=1S/C23H28N2O3/c1-27-20-11-9-17(10-12-20)23(26)25-14-18-7-5-13-24(21(18)16-25)15-19-6-3-4-8-22(19)28-2/h3-4,6,8-12,18,21H,5,7,13-16H2,1-2H3/t18-,21+/m1/s1. The largest absolute Gasteiger partial charge is 0.497 e. The summed E-state index contributed by atoms with van der Waals surface area (Å²) in [7, 11) is 3.36. The molecule has 0 unspecified atom stereocenters. The van der Waals surface area contributed by atoms with E-state index in [-0.39, 0.29) is 5.91 Å². The van der Waals surface area contributed by atoms with Crippen LogP contribution in [0.1, 0.15) is 28.8 Å². The van der Waals surface area contributed by atoms with Crippen LogP contribution in [0.25, 0.3) is 0 Å². The summed E-state index contributed by atoms with van der Waals surface area (Å²) in [4.78, 5) is 17.6. The van der Waals surface area contributed by atoms with E-state index >= 15 is 0 Å². The van der Waals surface area contributed by atoms with Crippen molar-refractivity contribution in [3.05, 3.63) is 59.7 Å². The topological polar surface area (TPSA) is 42.0 Å². The zero-order valence-electron chi connectivity index (χ0n) is 16.6. The summed E-state index contributed by atoms with van der Waals surface area (Å²) in [5.74, 6) is 2.38. The molecule has 148 valence electrons. The van der Waals surface area contributed by atoms with Crippen LogP contribution in [0.3, 0.4) is 0 Å². The molecule has 2 atom stereocenters. The molecule has 5 heteroatoms. The summed E-state index contributed by atoms with van der Waals surface area (Å²) in [5, 5.41) is 0. The van der Waals surface area contributed by atoms with Crippen molar-refractivity contribution in [3.8, 4) is 11.5 Å². The molecule has 28 heavy (non-hydrogen) atoms. The lowest BCUT2D eigenvalue weighted by Gasteiger charge is -2.37. The normalized spacial score (nSPS) is 22.0. The molecule has 2 saturated heterocycles. The van der Waals surface area contributed by atoms with Crippen LogP contribution in [0.15, 0.2) is 48.5 Å². The summed E-state index contributed by atoms with van der Waals surface area (Å²) in [5.41, 5.74) is 1.95. The number of ether oxygens (including phenoxy) is 2. The smallest absolute Gasteiger partial charge is 0.253 e. The number of para-hydroxylation sites is 1. The fraction of sp³-hybridized carbons (Fsp3) is 0.435. The Morgan fingerprint density at radius 3 is 2.57 bits per heavy atom. The molecule has 0 saturated carbocycles. The lowest BCUT2D eigenvalue weighted by molar-refractivity contribution is 0.0774. The van der Waals surface area contributed by atoms with Crippen LogP contribution in [0.5, 0.6) is 11.5 Å². The molecule has 2 aliphatic rings. The summed E-state index contributed by atoms with van der Waals surface area (Å²) in [6.07, 6.45) is 2.38. The van der Waals surface area contributed by atoms with E-state index in [1.807, 2.05) is 41.3 Å². The predicted molar refractivity (Wildman–Crippen MR) is 109 cm³/mol. The van der Waals surface area contributed by atoms with Gasteiger partial charge in [-0.05, 0) is 55.6 Å². The van der Waals surface area contributed by atoms with Gasteiger partial charge < -0.3 is 14.4 Å². The number of benzene rings is 2. The van der Waals surface area contributed by atoms with Gasteiger partial charge in [-0.1, -0.05) is 18.2 Å². The first-order chi connectivity index (χ1) is 13.7. The van der Waals surface area contributed by atoms with Crippen molar-refractivity contribution >= 4 is 5.91 Å².